The minimum Gasteiger partial charge on any atom is -0.368 e. The number of piperidine rings is 1. The summed E-state index contributed by atoms with van der Waals surface area (Å²) in [5, 5.41) is 6.52. The SMILES string of the molecule is CN(C)C(=O)c1cc2cnc(Nc3ccc(N4CCN(C5CN(c6cccc7c6n(C)c(=O)n7[C@@H]6CCC(=O)NC6=O)C5)CC4)cn3)nc2n1C1CCCC1. The predicted octanol–water partition coefficient (Wildman–Crippen LogP) is 3.03. The summed E-state index contributed by atoms with van der Waals surface area (Å²) in [4.78, 5) is 73.8. The first kappa shape index (κ1) is 35.0. The van der Waals surface area contributed by atoms with Gasteiger partial charge in [0, 0.05) is 90.5 Å². The summed E-state index contributed by atoms with van der Waals surface area (Å²) in [6.45, 7) is 5.34. The Morgan fingerprint density at radius 1 is 0.891 bits per heavy atom. The van der Waals surface area contributed by atoms with E-state index >= 15 is 0 Å². The van der Waals surface area contributed by atoms with Crippen LogP contribution in [0.4, 0.5) is 23.1 Å². The number of benzene rings is 1. The molecule has 0 unspecified atom stereocenters. The molecule has 4 aromatic heterocycles. The molecule has 4 aliphatic rings. The number of hydrogen-bond donors (Lipinski definition) is 2. The van der Waals surface area contributed by atoms with Crippen LogP contribution in [0.1, 0.15) is 61.1 Å². The van der Waals surface area contributed by atoms with Gasteiger partial charge in [-0.1, -0.05) is 18.9 Å². The first-order valence-corrected chi connectivity index (χ1v) is 19.2. The van der Waals surface area contributed by atoms with Crippen LogP contribution in [0.15, 0.2) is 53.6 Å². The molecule has 4 fully saturated rings. The summed E-state index contributed by atoms with van der Waals surface area (Å²) in [5.74, 6) is 0.343. The minimum absolute atomic E-state index is 0.0319. The number of imidazole rings is 1. The topological polar surface area (TPSA) is 159 Å². The molecule has 0 radical (unpaired) electrons. The van der Waals surface area contributed by atoms with E-state index in [2.05, 4.69) is 41.0 Å². The number of amides is 3. The number of anilines is 4. The lowest BCUT2D eigenvalue weighted by molar-refractivity contribution is -0.135. The number of pyridine rings is 1. The third-order valence-electron chi connectivity index (χ3n) is 11.9. The molecule has 1 aliphatic carbocycles. The third kappa shape index (κ3) is 6.17. The van der Waals surface area contributed by atoms with E-state index in [0.29, 0.717) is 35.4 Å². The van der Waals surface area contributed by atoms with Gasteiger partial charge >= 0.3 is 5.69 Å². The number of hydrogen-bond acceptors (Lipinski definition) is 11. The van der Waals surface area contributed by atoms with Gasteiger partial charge in [-0.2, -0.15) is 4.98 Å². The van der Waals surface area contributed by atoms with Crippen molar-refractivity contribution in [2.45, 2.75) is 56.7 Å². The fraction of sp³-hybridized carbons (Fsp3) is 0.462. The maximum atomic E-state index is 13.4. The van der Waals surface area contributed by atoms with Crippen molar-refractivity contribution < 1.29 is 14.4 Å². The fourth-order valence-corrected chi connectivity index (χ4v) is 8.89. The molecule has 286 valence electrons. The highest BCUT2D eigenvalue weighted by Crippen LogP contribution is 2.36. The number of aryl methyl sites for hydroxylation is 1. The number of imide groups is 1. The molecule has 3 saturated heterocycles. The van der Waals surface area contributed by atoms with E-state index in [-0.39, 0.29) is 30.0 Å². The normalized spacial score (nSPS) is 20.0. The van der Waals surface area contributed by atoms with E-state index in [1.54, 1.807) is 41.4 Å². The second-order valence-electron chi connectivity index (χ2n) is 15.4. The number of piperazine rings is 1. The van der Waals surface area contributed by atoms with Crippen LogP contribution in [-0.2, 0) is 16.6 Å². The van der Waals surface area contributed by atoms with Gasteiger partial charge in [0.1, 0.15) is 23.2 Å². The number of nitrogens with one attached hydrogen (secondary N) is 2. The molecule has 16 heteroatoms. The maximum absolute atomic E-state index is 13.4. The van der Waals surface area contributed by atoms with Gasteiger partial charge in [0.2, 0.25) is 17.8 Å². The number of carbonyl (C=O) groups is 3. The number of rotatable bonds is 8. The Kier molecular flexibility index (Phi) is 8.79. The first-order chi connectivity index (χ1) is 26.6. The monoisotopic (exact) mass is 746 g/mol. The van der Waals surface area contributed by atoms with E-state index in [9.17, 15) is 19.2 Å². The Balaban J connectivity index is 0.828. The molecular weight excluding hydrogens is 701 g/mol. The van der Waals surface area contributed by atoms with Crippen LogP contribution in [0.25, 0.3) is 22.1 Å². The summed E-state index contributed by atoms with van der Waals surface area (Å²) < 4.78 is 5.28. The van der Waals surface area contributed by atoms with Crippen LogP contribution in [0.2, 0.25) is 0 Å². The van der Waals surface area contributed by atoms with Gasteiger partial charge in [-0.25, -0.2) is 14.8 Å². The van der Waals surface area contributed by atoms with E-state index in [4.69, 9.17) is 9.97 Å². The number of carbonyl (C=O) groups excluding carboxylic acids is 3. The van der Waals surface area contributed by atoms with Gasteiger partial charge < -0.3 is 24.6 Å². The fourth-order valence-electron chi connectivity index (χ4n) is 8.89. The van der Waals surface area contributed by atoms with Crippen molar-refractivity contribution in [1.82, 2.24) is 43.8 Å². The van der Waals surface area contributed by atoms with Gasteiger partial charge in [-0.3, -0.25) is 33.7 Å². The Morgan fingerprint density at radius 2 is 1.67 bits per heavy atom. The van der Waals surface area contributed by atoms with Crippen molar-refractivity contribution in [3.8, 4) is 0 Å². The van der Waals surface area contributed by atoms with Gasteiger partial charge in [0.05, 0.1) is 28.6 Å². The van der Waals surface area contributed by atoms with Crippen LogP contribution < -0.4 is 26.1 Å². The minimum atomic E-state index is -0.702. The Hall–Kier alpha value is -5.77. The Bertz CT molecular complexity index is 2360. The molecule has 7 heterocycles. The molecule has 2 N–H and O–H groups in total. The molecule has 55 heavy (non-hydrogen) atoms. The van der Waals surface area contributed by atoms with E-state index < -0.39 is 11.9 Å². The average molecular weight is 747 g/mol. The molecule has 5 aromatic rings. The molecule has 1 atom stereocenters. The van der Waals surface area contributed by atoms with Gasteiger partial charge in [-0.05, 0) is 49.6 Å². The average Bonchev–Trinajstić information content (AvgIpc) is 3.89. The standard InChI is InChI=1S/C39H46N12O4/c1-45(2)37(54)31-19-24-20-41-38(44-35(24)50(31)25-7-4-5-8-25)42-32-13-11-26(21-40-32)47-15-17-48(18-16-47)27-22-49(23-27)28-9-6-10-29-34(28)46(3)39(55)51(29)30-12-14-33(52)43-36(30)53/h6,9-11,13,19-21,25,27,30H,4-5,7-8,12,14-18,22-23H2,1-3H3,(H,43,52,53)(H,40,41,42,44)/t30-/m1/s1. The third-order valence-corrected chi connectivity index (χ3v) is 11.9. The van der Waals surface area contributed by atoms with Crippen LogP contribution >= 0.6 is 0 Å². The van der Waals surface area contributed by atoms with Crippen molar-refractivity contribution in [3.63, 3.8) is 0 Å². The zero-order chi connectivity index (χ0) is 38.0. The lowest BCUT2D eigenvalue weighted by Crippen LogP contribution is -2.63. The number of fused-ring (bicyclic) bond motifs is 2. The number of aromatic nitrogens is 6. The van der Waals surface area contributed by atoms with E-state index in [1.165, 1.54) is 0 Å². The van der Waals surface area contributed by atoms with E-state index in [1.807, 2.05) is 36.5 Å². The molecule has 9 rings (SSSR count). The van der Waals surface area contributed by atoms with Crippen LogP contribution in [0.5, 0.6) is 0 Å². The smallest absolute Gasteiger partial charge is 0.329 e. The van der Waals surface area contributed by atoms with Crippen LogP contribution in [-0.4, -0.2) is 116 Å². The summed E-state index contributed by atoms with van der Waals surface area (Å²) in [6, 6.07) is 11.8. The molecular formula is C39H46N12O4. The van der Waals surface area contributed by atoms with Crippen molar-refractivity contribution in [3.05, 3.63) is 65.0 Å². The van der Waals surface area contributed by atoms with Gasteiger partial charge in [0.15, 0.2) is 0 Å². The van der Waals surface area contributed by atoms with Crippen molar-refractivity contribution in [2.24, 2.45) is 7.05 Å². The molecule has 1 aromatic carbocycles. The molecule has 0 spiro atoms. The highest BCUT2D eigenvalue weighted by Gasteiger charge is 2.37. The zero-order valence-electron chi connectivity index (χ0n) is 31.4. The maximum Gasteiger partial charge on any atom is 0.329 e. The van der Waals surface area contributed by atoms with Crippen molar-refractivity contribution in [2.75, 3.05) is 68.5 Å². The highest BCUT2D eigenvalue weighted by atomic mass is 16.2. The Morgan fingerprint density at radius 3 is 2.38 bits per heavy atom. The molecule has 3 aliphatic heterocycles. The number of para-hydroxylation sites is 1. The molecule has 0 bridgehead atoms. The van der Waals surface area contributed by atoms with Gasteiger partial charge in [-0.15, -0.1) is 0 Å². The largest absolute Gasteiger partial charge is 0.368 e. The van der Waals surface area contributed by atoms with E-state index in [0.717, 1.165) is 92.9 Å². The van der Waals surface area contributed by atoms with Crippen LogP contribution in [0, 0.1) is 0 Å². The summed E-state index contributed by atoms with van der Waals surface area (Å²) in [5.41, 5.74) is 4.73. The van der Waals surface area contributed by atoms with Crippen LogP contribution in [0.3, 0.4) is 0 Å². The highest BCUT2D eigenvalue weighted by molar-refractivity contribution is 6.01. The van der Waals surface area contributed by atoms with Crippen molar-refractivity contribution >= 4 is 62.9 Å². The lowest BCUT2D eigenvalue weighted by Gasteiger charge is -2.49. The molecule has 16 nitrogen and oxygen atoms in total. The molecule has 1 saturated carbocycles. The summed E-state index contributed by atoms with van der Waals surface area (Å²) in [6.07, 6.45) is 8.56. The predicted molar refractivity (Wildman–Crippen MR) is 209 cm³/mol. The van der Waals surface area contributed by atoms with Gasteiger partial charge in [0.25, 0.3) is 5.91 Å². The lowest BCUT2D eigenvalue weighted by atomic mass is 10.0. The quantitative estimate of drug-likeness (QED) is 0.225. The molecule has 3 amide bonds. The summed E-state index contributed by atoms with van der Waals surface area (Å²) in [7, 11) is 5.30. The second kappa shape index (κ2) is 13.8. The van der Waals surface area contributed by atoms with Crippen molar-refractivity contribution in [1.29, 1.82) is 0 Å². The zero-order valence-corrected chi connectivity index (χ0v) is 31.4. The Labute approximate surface area is 317 Å². The first-order valence-electron chi connectivity index (χ1n) is 19.2. The summed E-state index contributed by atoms with van der Waals surface area (Å²) >= 11 is 0. The number of nitrogens with zero attached hydrogens (tertiary/aromatic N) is 10. The second-order valence-corrected chi connectivity index (χ2v) is 15.4.